The number of guanidine groups is 1. The molecule has 0 radical (unpaired) electrons. The van der Waals surface area contributed by atoms with E-state index in [4.69, 9.17) is 0 Å². The SMILES string of the molecule is CN=C(NCCc1cccs1)NCCS(=O)c1ccccc1.I. The summed E-state index contributed by atoms with van der Waals surface area (Å²) in [5.41, 5.74) is 0. The molecule has 0 amide bonds. The molecule has 2 rings (SSSR count). The van der Waals surface area contributed by atoms with Gasteiger partial charge in [-0.25, -0.2) is 0 Å². The maximum atomic E-state index is 12.1. The Morgan fingerprint density at radius 2 is 1.87 bits per heavy atom. The van der Waals surface area contributed by atoms with Gasteiger partial charge in [0.15, 0.2) is 5.96 Å². The molecular weight excluding hydrogens is 441 g/mol. The summed E-state index contributed by atoms with van der Waals surface area (Å²) >= 11 is 1.76. The van der Waals surface area contributed by atoms with Crippen LogP contribution in [0, 0.1) is 0 Å². The largest absolute Gasteiger partial charge is 0.356 e. The van der Waals surface area contributed by atoms with E-state index in [2.05, 4.69) is 33.1 Å². The first-order valence-corrected chi connectivity index (χ1v) is 9.40. The van der Waals surface area contributed by atoms with Gasteiger partial charge in [-0.15, -0.1) is 35.3 Å². The molecule has 0 saturated carbocycles. The zero-order valence-electron chi connectivity index (χ0n) is 13.0. The van der Waals surface area contributed by atoms with Crippen molar-refractivity contribution < 1.29 is 4.21 Å². The number of aliphatic imine (C=N–C) groups is 1. The lowest BCUT2D eigenvalue weighted by atomic mass is 10.3. The van der Waals surface area contributed by atoms with Crippen molar-refractivity contribution in [3.8, 4) is 0 Å². The van der Waals surface area contributed by atoms with Gasteiger partial charge < -0.3 is 10.6 Å². The Morgan fingerprint density at radius 1 is 1.13 bits per heavy atom. The second-order valence-electron chi connectivity index (χ2n) is 4.62. The predicted molar refractivity (Wildman–Crippen MR) is 111 cm³/mol. The van der Waals surface area contributed by atoms with Crippen molar-refractivity contribution in [2.24, 2.45) is 4.99 Å². The molecule has 1 heterocycles. The molecule has 1 atom stereocenters. The highest BCUT2D eigenvalue weighted by atomic mass is 127. The smallest absolute Gasteiger partial charge is 0.191 e. The van der Waals surface area contributed by atoms with Crippen LogP contribution in [0.4, 0.5) is 0 Å². The fourth-order valence-corrected chi connectivity index (χ4v) is 3.62. The molecule has 23 heavy (non-hydrogen) atoms. The van der Waals surface area contributed by atoms with Crippen LogP contribution in [-0.4, -0.2) is 36.1 Å². The third kappa shape index (κ3) is 7.45. The number of rotatable bonds is 7. The molecule has 0 saturated heterocycles. The van der Waals surface area contributed by atoms with Gasteiger partial charge in [-0.3, -0.25) is 9.20 Å². The van der Waals surface area contributed by atoms with E-state index < -0.39 is 10.8 Å². The summed E-state index contributed by atoms with van der Waals surface area (Å²) in [4.78, 5) is 6.40. The lowest BCUT2D eigenvalue weighted by Gasteiger charge is -2.11. The zero-order valence-corrected chi connectivity index (χ0v) is 17.0. The topological polar surface area (TPSA) is 53.5 Å². The highest BCUT2D eigenvalue weighted by molar-refractivity contribution is 14.0. The highest BCUT2D eigenvalue weighted by Crippen LogP contribution is 2.08. The van der Waals surface area contributed by atoms with E-state index in [-0.39, 0.29) is 24.0 Å². The van der Waals surface area contributed by atoms with Gasteiger partial charge in [-0.2, -0.15) is 0 Å². The number of benzene rings is 1. The summed E-state index contributed by atoms with van der Waals surface area (Å²) < 4.78 is 12.1. The van der Waals surface area contributed by atoms with Gasteiger partial charge in [0.1, 0.15) is 0 Å². The van der Waals surface area contributed by atoms with E-state index in [0.717, 1.165) is 23.8 Å². The molecule has 0 aliphatic carbocycles. The van der Waals surface area contributed by atoms with Gasteiger partial charge in [0.05, 0.1) is 10.8 Å². The predicted octanol–water partition coefficient (Wildman–Crippen LogP) is 2.88. The first-order chi connectivity index (χ1) is 10.8. The van der Waals surface area contributed by atoms with Gasteiger partial charge in [0, 0.05) is 35.7 Å². The number of hydrogen-bond donors (Lipinski definition) is 2. The lowest BCUT2D eigenvalue weighted by molar-refractivity contribution is 0.681. The molecule has 0 aliphatic heterocycles. The third-order valence-electron chi connectivity index (χ3n) is 3.05. The Hall–Kier alpha value is -0.930. The molecule has 1 aromatic carbocycles. The Balaban J connectivity index is 0.00000264. The van der Waals surface area contributed by atoms with Crippen molar-refractivity contribution in [3.05, 3.63) is 52.7 Å². The summed E-state index contributed by atoms with van der Waals surface area (Å²) in [7, 11) is 0.769. The summed E-state index contributed by atoms with van der Waals surface area (Å²) in [5, 5.41) is 8.55. The van der Waals surface area contributed by atoms with Crippen molar-refractivity contribution in [3.63, 3.8) is 0 Å². The Morgan fingerprint density at radius 3 is 2.52 bits per heavy atom. The number of hydrogen-bond acceptors (Lipinski definition) is 3. The van der Waals surface area contributed by atoms with Gasteiger partial charge >= 0.3 is 0 Å². The summed E-state index contributed by atoms with van der Waals surface area (Å²) in [5.74, 6) is 1.32. The van der Waals surface area contributed by atoms with Gasteiger partial charge in [-0.05, 0) is 30.0 Å². The fourth-order valence-electron chi connectivity index (χ4n) is 1.93. The quantitative estimate of drug-likeness (QED) is 0.377. The molecule has 126 valence electrons. The van der Waals surface area contributed by atoms with Crippen molar-refractivity contribution in [2.45, 2.75) is 11.3 Å². The molecule has 0 spiro atoms. The maximum Gasteiger partial charge on any atom is 0.191 e. The fraction of sp³-hybridized carbons (Fsp3) is 0.312. The zero-order chi connectivity index (χ0) is 15.6. The van der Waals surface area contributed by atoms with Crippen molar-refractivity contribution in [1.29, 1.82) is 0 Å². The highest BCUT2D eigenvalue weighted by Gasteiger charge is 2.03. The average Bonchev–Trinajstić information content (AvgIpc) is 3.07. The van der Waals surface area contributed by atoms with Crippen molar-refractivity contribution in [2.75, 3.05) is 25.9 Å². The number of thiophene rings is 1. The van der Waals surface area contributed by atoms with Crippen LogP contribution in [0.5, 0.6) is 0 Å². The first kappa shape index (κ1) is 20.1. The van der Waals surface area contributed by atoms with E-state index >= 15 is 0 Å². The van der Waals surface area contributed by atoms with Gasteiger partial charge in [-0.1, -0.05) is 24.3 Å². The summed E-state index contributed by atoms with van der Waals surface area (Å²) in [6.45, 7) is 1.46. The summed E-state index contributed by atoms with van der Waals surface area (Å²) in [6.07, 6.45) is 0.980. The van der Waals surface area contributed by atoms with Crippen LogP contribution in [0.25, 0.3) is 0 Å². The Bertz CT molecular complexity index is 603. The van der Waals surface area contributed by atoms with Crippen LogP contribution in [-0.2, 0) is 17.2 Å². The number of nitrogens with one attached hydrogen (secondary N) is 2. The van der Waals surface area contributed by atoms with Crippen LogP contribution < -0.4 is 10.6 Å². The van der Waals surface area contributed by atoms with Gasteiger partial charge in [0.25, 0.3) is 0 Å². The maximum absolute atomic E-state index is 12.1. The Labute approximate surface area is 161 Å². The molecule has 0 bridgehead atoms. The van der Waals surface area contributed by atoms with E-state index in [1.54, 1.807) is 18.4 Å². The summed E-state index contributed by atoms with van der Waals surface area (Å²) in [6, 6.07) is 13.7. The second-order valence-corrected chi connectivity index (χ2v) is 7.22. The molecular formula is C16H22IN3OS2. The van der Waals surface area contributed by atoms with Crippen LogP contribution in [0.2, 0.25) is 0 Å². The van der Waals surface area contributed by atoms with Crippen LogP contribution in [0.1, 0.15) is 4.88 Å². The minimum atomic E-state index is -0.975. The number of nitrogens with zero attached hydrogens (tertiary/aromatic N) is 1. The van der Waals surface area contributed by atoms with Crippen molar-refractivity contribution >= 4 is 52.1 Å². The Kier molecular flexibility index (Phi) is 10.1. The molecule has 1 unspecified atom stereocenters. The molecule has 0 aliphatic rings. The third-order valence-corrected chi connectivity index (χ3v) is 5.36. The van der Waals surface area contributed by atoms with Crippen LogP contribution in [0.15, 0.2) is 57.7 Å². The van der Waals surface area contributed by atoms with Crippen LogP contribution in [0.3, 0.4) is 0 Å². The first-order valence-electron chi connectivity index (χ1n) is 7.20. The standard InChI is InChI=1S/C16H21N3OS2.HI/c1-17-16(18-10-9-14-6-5-12-21-14)19-11-13-22(20)15-7-3-2-4-8-15;/h2-8,12H,9-11,13H2,1H3,(H2,17,18,19);1H. The van der Waals surface area contributed by atoms with E-state index in [9.17, 15) is 4.21 Å². The number of halogens is 1. The normalized spacial score (nSPS) is 12.3. The minimum Gasteiger partial charge on any atom is -0.356 e. The molecule has 7 heteroatoms. The molecule has 1 aromatic heterocycles. The van der Waals surface area contributed by atoms with Crippen LogP contribution >= 0.6 is 35.3 Å². The molecule has 2 aromatic rings. The average molecular weight is 463 g/mol. The van der Waals surface area contributed by atoms with E-state index in [1.165, 1.54) is 4.88 Å². The van der Waals surface area contributed by atoms with Gasteiger partial charge in [0.2, 0.25) is 0 Å². The lowest BCUT2D eigenvalue weighted by Crippen LogP contribution is -2.39. The minimum absolute atomic E-state index is 0. The molecule has 0 fully saturated rings. The van der Waals surface area contributed by atoms with E-state index in [1.807, 2.05) is 30.3 Å². The van der Waals surface area contributed by atoms with Crippen molar-refractivity contribution in [1.82, 2.24) is 10.6 Å². The molecule has 2 N–H and O–H groups in total. The monoisotopic (exact) mass is 463 g/mol. The van der Waals surface area contributed by atoms with E-state index in [0.29, 0.717) is 12.3 Å². The molecule has 4 nitrogen and oxygen atoms in total. The second kappa shape index (κ2) is 11.6.